The fourth-order valence-electron chi connectivity index (χ4n) is 1.84. The first kappa shape index (κ1) is 14.0. The van der Waals surface area contributed by atoms with Gasteiger partial charge in [-0.15, -0.1) is 0 Å². The van der Waals surface area contributed by atoms with Gasteiger partial charge in [0.05, 0.1) is 0 Å². The fraction of sp³-hybridized carbons (Fsp3) is 0.600. The van der Waals surface area contributed by atoms with Crippen LogP contribution in [-0.4, -0.2) is 25.2 Å². The fourth-order valence-corrected chi connectivity index (χ4v) is 1.84. The van der Waals surface area contributed by atoms with Gasteiger partial charge in [0.1, 0.15) is 0 Å². The predicted octanol–water partition coefficient (Wildman–Crippen LogP) is 3.29. The topological polar surface area (TPSA) is 15.3 Å². The molecule has 0 aliphatic carbocycles. The van der Waals surface area contributed by atoms with Crippen molar-refractivity contribution in [3.8, 4) is 0 Å². The molecular formula is C15H26N2. The summed E-state index contributed by atoms with van der Waals surface area (Å²) in [5.74, 6) is 0. The molecule has 0 heterocycles. The van der Waals surface area contributed by atoms with Crippen molar-refractivity contribution in [2.75, 3.05) is 24.5 Å². The van der Waals surface area contributed by atoms with E-state index in [1.165, 1.54) is 12.1 Å². The van der Waals surface area contributed by atoms with Gasteiger partial charge in [-0.25, -0.2) is 0 Å². The predicted molar refractivity (Wildman–Crippen MR) is 76.7 cm³/mol. The average Bonchev–Trinajstić information content (AvgIpc) is 2.29. The van der Waals surface area contributed by atoms with Gasteiger partial charge in [-0.2, -0.15) is 0 Å². The lowest BCUT2D eigenvalue weighted by Gasteiger charge is -2.25. The van der Waals surface area contributed by atoms with Gasteiger partial charge < -0.3 is 10.2 Å². The van der Waals surface area contributed by atoms with Crippen molar-refractivity contribution >= 4 is 5.69 Å². The van der Waals surface area contributed by atoms with Crippen LogP contribution in [-0.2, 0) is 0 Å². The van der Waals surface area contributed by atoms with E-state index in [9.17, 15) is 0 Å². The monoisotopic (exact) mass is 234 g/mol. The van der Waals surface area contributed by atoms with Crippen LogP contribution in [0.25, 0.3) is 0 Å². The summed E-state index contributed by atoms with van der Waals surface area (Å²) in [6.45, 7) is 12.1. The molecule has 0 bridgehead atoms. The van der Waals surface area contributed by atoms with Crippen molar-refractivity contribution in [2.45, 2.75) is 39.7 Å². The first-order valence-corrected chi connectivity index (χ1v) is 6.58. The van der Waals surface area contributed by atoms with Crippen LogP contribution in [0.5, 0.6) is 0 Å². The zero-order valence-electron chi connectivity index (χ0n) is 11.7. The number of benzene rings is 1. The number of hydrogen-bond donors (Lipinski definition) is 1. The van der Waals surface area contributed by atoms with E-state index < -0.39 is 0 Å². The van der Waals surface area contributed by atoms with Crippen LogP contribution in [0.3, 0.4) is 0 Å². The molecule has 0 saturated carbocycles. The minimum absolute atomic E-state index is 0.226. The minimum atomic E-state index is 0.226. The van der Waals surface area contributed by atoms with Gasteiger partial charge in [-0.05, 0) is 52.8 Å². The van der Waals surface area contributed by atoms with Gasteiger partial charge in [0.25, 0.3) is 0 Å². The number of para-hydroxylation sites is 1. The summed E-state index contributed by atoms with van der Waals surface area (Å²) in [5, 5.41) is 3.53. The maximum Gasteiger partial charge on any atom is 0.0366 e. The summed E-state index contributed by atoms with van der Waals surface area (Å²) in [7, 11) is 0. The highest BCUT2D eigenvalue weighted by Crippen LogP contribution is 2.12. The van der Waals surface area contributed by atoms with Crippen LogP contribution >= 0.6 is 0 Å². The molecule has 1 N–H and O–H groups in total. The van der Waals surface area contributed by atoms with Crippen LogP contribution < -0.4 is 10.2 Å². The Morgan fingerprint density at radius 3 is 2.29 bits per heavy atom. The van der Waals surface area contributed by atoms with E-state index in [0.29, 0.717) is 0 Å². The Kier molecular flexibility index (Phi) is 5.49. The third-order valence-electron chi connectivity index (χ3n) is 2.76. The Morgan fingerprint density at radius 2 is 1.76 bits per heavy atom. The molecular weight excluding hydrogens is 208 g/mol. The highest BCUT2D eigenvalue weighted by molar-refractivity contribution is 5.45. The Bertz CT molecular complexity index is 300. The second-order valence-electron chi connectivity index (χ2n) is 5.45. The number of rotatable bonds is 6. The second kappa shape index (κ2) is 6.65. The lowest BCUT2D eigenvalue weighted by atomic mass is 10.1. The molecule has 0 fully saturated rings. The summed E-state index contributed by atoms with van der Waals surface area (Å²) >= 11 is 0. The molecule has 0 spiro atoms. The number of nitrogens with zero attached hydrogens (tertiary/aromatic N) is 1. The third-order valence-corrected chi connectivity index (χ3v) is 2.76. The largest absolute Gasteiger partial charge is 0.372 e. The minimum Gasteiger partial charge on any atom is -0.372 e. The molecule has 1 rings (SSSR count). The van der Waals surface area contributed by atoms with Crippen molar-refractivity contribution in [1.82, 2.24) is 5.32 Å². The number of nitrogens with one attached hydrogen (secondary N) is 1. The summed E-state index contributed by atoms with van der Waals surface area (Å²) in [6, 6.07) is 10.6. The summed E-state index contributed by atoms with van der Waals surface area (Å²) in [4.78, 5) is 2.42. The highest BCUT2D eigenvalue weighted by atomic mass is 15.1. The van der Waals surface area contributed by atoms with E-state index >= 15 is 0 Å². The summed E-state index contributed by atoms with van der Waals surface area (Å²) in [5.41, 5.74) is 1.55. The quantitative estimate of drug-likeness (QED) is 0.760. The molecule has 17 heavy (non-hydrogen) atoms. The third kappa shape index (κ3) is 5.73. The van der Waals surface area contributed by atoms with Crippen molar-refractivity contribution in [3.63, 3.8) is 0 Å². The Morgan fingerprint density at radius 1 is 1.12 bits per heavy atom. The first-order chi connectivity index (χ1) is 8.03. The van der Waals surface area contributed by atoms with Gasteiger partial charge in [-0.3, -0.25) is 0 Å². The smallest absolute Gasteiger partial charge is 0.0366 e. The zero-order valence-corrected chi connectivity index (χ0v) is 11.7. The molecule has 1 aromatic carbocycles. The maximum atomic E-state index is 3.53. The molecule has 0 aromatic heterocycles. The van der Waals surface area contributed by atoms with Crippen molar-refractivity contribution in [1.29, 1.82) is 0 Å². The standard InChI is InChI=1S/C15H26N2/c1-5-17(14-10-7-6-8-11-14)13-9-12-16-15(2,3)4/h6-8,10-11,16H,5,9,12-13H2,1-4H3. The molecule has 0 aliphatic heterocycles. The van der Waals surface area contributed by atoms with E-state index in [1.54, 1.807) is 0 Å². The van der Waals surface area contributed by atoms with Gasteiger partial charge in [-0.1, -0.05) is 18.2 Å². The van der Waals surface area contributed by atoms with Gasteiger partial charge >= 0.3 is 0 Å². The van der Waals surface area contributed by atoms with Crippen molar-refractivity contribution in [2.24, 2.45) is 0 Å². The van der Waals surface area contributed by atoms with Gasteiger partial charge in [0, 0.05) is 24.3 Å². The van der Waals surface area contributed by atoms with Crippen LogP contribution in [0.15, 0.2) is 30.3 Å². The molecule has 2 nitrogen and oxygen atoms in total. The SMILES string of the molecule is CCN(CCCNC(C)(C)C)c1ccccc1. The lowest BCUT2D eigenvalue weighted by molar-refractivity contribution is 0.422. The highest BCUT2D eigenvalue weighted by Gasteiger charge is 2.08. The summed E-state index contributed by atoms with van der Waals surface area (Å²) in [6.07, 6.45) is 1.18. The molecule has 0 aliphatic rings. The maximum absolute atomic E-state index is 3.53. The van der Waals surface area contributed by atoms with Gasteiger partial charge in [0.2, 0.25) is 0 Å². The Balaban J connectivity index is 2.34. The average molecular weight is 234 g/mol. The van der Waals surface area contributed by atoms with Gasteiger partial charge in [0.15, 0.2) is 0 Å². The molecule has 0 radical (unpaired) electrons. The molecule has 0 unspecified atom stereocenters. The molecule has 96 valence electrons. The molecule has 2 heteroatoms. The molecule has 0 saturated heterocycles. The number of hydrogen-bond acceptors (Lipinski definition) is 2. The molecule has 1 aromatic rings. The van der Waals surface area contributed by atoms with Crippen LogP contribution in [0.4, 0.5) is 5.69 Å². The van der Waals surface area contributed by atoms with E-state index in [0.717, 1.165) is 19.6 Å². The Hall–Kier alpha value is -1.02. The van der Waals surface area contributed by atoms with Crippen molar-refractivity contribution < 1.29 is 0 Å². The van der Waals surface area contributed by atoms with Crippen LogP contribution in [0.1, 0.15) is 34.1 Å². The first-order valence-electron chi connectivity index (χ1n) is 6.58. The Labute approximate surface area is 106 Å². The zero-order chi connectivity index (χ0) is 12.7. The molecule has 0 amide bonds. The number of anilines is 1. The lowest BCUT2D eigenvalue weighted by Crippen LogP contribution is -2.37. The summed E-state index contributed by atoms with van der Waals surface area (Å²) < 4.78 is 0. The van der Waals surface area contributed by atoms with Crippen LogP contribution in [0, 0.1) is 0 Å². The van der Waals surface area contributed by atoms with E-state index in [4.69, 9.17) is 0 Å². The van der Waals surface area contributed by atoms with E-state index in [-0.39, 0.29) is 5.54 Å². The van der Waals surface area contributed by atoms with Crippen molar-refractivity contribution in [3.05, 3.63) is 30.3 Å². The van der Waals surface area contributed by atoms with Crippen LogP contribution in [0.2, 0.25) is 0 Å². The normalized spacial score (nSPS) is 11.5. The van der Waals surface area contributed by atoms with E-state index in [2.05, 4.69) is 68.2 Å². The molecule has 0 atom stereocenters. The van der Waals surface area contributed by atoms with E-state index in [1.807, 2.05) is 0 Å². The second-order valence-corrected chi connectivity index (χ2v) is 5.45.